The highest BCUT2D eigenvalue weighted by molar-refractivity contribution is 9.10. The summed E-state index contributed by atoms with van der Waals surface area (Å²) in [5, 5.41) is 11.7. The molecule has 0 aliphatic heterocycles. The summed E-state index contributed by atoms with van der Waals surface area (Å²) in [5.41, 5.74) is 0.994. The van der Waals surface area contributed by atoms with E-state index < -0.39 is 0 Å². The highest BCUT2D eigenvalue weighted by atomic mass is 79.9. The first-order chi connectivity index (χ1) is 9.19. The molecule has 0 radical (unpaired) electrons. The highest BCUT2D eigenvalue weighted by Crippen LogP contribution is 2.34. The monoisotopic (exact) mass is 323 g/mol. The lowest BCUT2D eigenvalue weighted by Gasteiger charge is -2.08. The van der Waals surface area contributed by atoms with Crippen LogP contribution in [0.1, 0.15) is 37.2 Å². The van der Waals surface area contributed by atoms with Crippen molar-refractivity contribution < 1.29 is 0 Å². The Kier molecular flexibility index (Phi) is 3.22. The largest absolute Gasteiger partial charge is 0.307 e. The number of aromatic nitrogens is 5. The minimum absolute atomic E-state index is 0.0228. The molecule has 2 aromatic rings. The van der Waals surface area contributed by atoms with Gasteiger partial charge in [0.2, 0.25) is 0 Å². The van der Waals surface area contributed by atoms with Crippen LogP contribution in [0, 0.1) is 0 Å². The van der Waals surface area contributed by atoms with Crippen molar-refractivity contribution in [2.75, 3.05) is 0 Å². The number of tetrazole rings is 1. The molecule has 0 spiro atoms. The Morgan fingerprint density at radius 3 is 2.95 bits per heavy atom. The topological polar surface area (TPSA) is 65.6 Å². The summed E-state index contributed by atoms with van der Waals surface area (Å²) in [6.45, 7) is 2.43. The maximum Gasteiger partial charge on any atom is 0.251 e. The summed E-state index contributed by atoms with van der Waals surface area (Å²) in [7, 11) is 0. The van der Waals surface area contributed by atoms with E-state index in [-0.39, 0.29) is 5.56 Å². The molecule has 0 amide bonds. The average Bonchev–Trinajstić information content (AvgIpc) is 3.14. The molecule has 0 N–H and O–H groups in total. The van der Waals surface area contributed by atoms with Crippen LogP contribution in [0.2, 0.25) is 0 Å². The van der Waals surface area contributed by atoms with Gasteiger partial charge in [-0.3, -0.25) is 4.79 Å². The van der Waals surface area contributed by atoms with Gasteiger partial charge in [0.05, 0.1) is 12.6 Å². The number of nitrogens with zero attached hydrogens (tertiary/aromatic N) is 5. The zero-order valence-corrected chi connectivity index (χ0v) is 12.2. The van der Waals surface area contributed by atoms with Crippen LogP contribution in [0.3, 0.4) is 0 Å². The molecule has 0 unspecified atom stereocenters. The summed E-state index contributed by atoms with van der Waals surface area (Å²) < 4.78 is 4.40. The lowest BCUT2D eigenvalue weighted by molar-refractivity contribution is 0.562. The Bertz CT molecular complexity index is 658. The molecular weight excluding hydrogens is 310 g/mol. The van der Waals surface area contributed by atoms with E-state index in [2.05, 4.69) is 31.5 Å². The van der Waals surface area contributed by atoms with Crippen molar-refractivity contribution in [3.05, 3.63) is 38.5 Å². The van der Waals surface area contributed by atoms with Gasteiger partial charge in [-0.05, 0) is 51.2 Å². The van der Waals surface area contributed by atoms with Crippen LogP contribution in [-0.2, 0) is 13.0 Å². The van der Waals surface area contributed by atoms with Gasteiger partial charge in [-0.15, -0.1) is 5.10 Å². The number of pyridine rings is 1. The van der Waals surface area contributed by atoms with Crippen molar-refractivity contribution in [3.8, 4) is 0 Å². The molecule has 0 aromatic carbocycles. The van der Waals surface area contributed by atoms with Gasteiger partial charge in [-0.2, -0.15) is 0 Å². The third-order valence-corrected chi connectivity index (χ3v) is 4.02. The summed E-state index contributed by atoms with van der Waals surface area (Å²) in [4.78, 5) is 12.0. The molecule has 6 nitrogen and oxygen atoms in total. The van der Waals surface area contributed by atoms with E-state index in [4.69, 9.17) is 0 Å². The van der Waals surface area contributed by atoms with E-state index >= 15 is 0 Å². The van der Waals surface area contributed by atoms with Crippen molar-refractivity contribution in [2.24, 2.45) is 0 Å². The predicted molar refractivity (Wildman–Crippen MR) is 73.0 cm³/mol. The minimum Gasteiger partial charge on any atom is -0.307 e. The molecule has 19 heavy (non-hydrogen) atoms. The predicted octanol–water partition coefficient (Wildman–Crippen LogP) is 1.54. The second-order valence-electron chi connectivity index (χ2n) is 4.74. The van der Waals surface area contributed by atoms with Gasteiger partial charge < -0.3 is 4.57 Å². The molecule has 2 aromatic heterocycles. The van der Waals surface area contributed by atoms with Crippen LogP contribution in [0.15, 0.2) is 21.5 Å². The standard InChI is InChI=1S/C12H14BrN5O/c1-2-8-5-12(19)17(6-10(8)13)7-11-14-15-16-18(11)9-3-4-9/h5-6,9H,2-4,7H2,1H3. The fourth-order valence-corrected chi connectivity index (χ4v) is 2.69. The molecule has 0 bridgehead atoms. The summed E-state index contributed by atoms with van der Waals surface area (Å²) in [6, 6.07) is 2.08. The smallest absolute Gasteiger partial charge is 0.251 e. The average molecular weight is 324 g/mol. The minimum atomic E-state index is -0.0228. The normalized spacial score (nSPS) is 14.8. The van der Waals surface area contributed by atoms with Gasteiger partial charge in [0.1, 0.15) is 0 Å². The molecular formula is C12H14BrN5O. The van der Waals surface area contributed by atoms with Crippen molar-refractivity contribution in [2.45, 2.75) is 38.8 Å². The quantitative estimate of drug-likeness (QED) is 0.856. The first-order valence-corrected chi connectivity index (χ1v) is 7.14. The molecule has 0 atom stereocenters. The van der Waals surface area contributed by atoms with Crippen LogP contribution in [0.5, 0.6) is 0 Å². The maximum absolute atomic E-state index is 12.0. The second kappa shape index (κ2) is 4.88. The van der Waals surface area contributed by atoms with Crippen LogP contribution in [-0.4, -0.2) is 24.8 Å². The third-order valence-electron chi connectivity index (χ3n) is 3.30. The Morgan fingerprint density at radius 2 is 2.26 bits per heavy atom. The van der Waals surface area contributed by atoms with Gasteiger partial charge >= 0.3 is 0 Å². The van der Waals surface area contributed by atoms with Crippen molar-refractivity contribution in [1.82, 2.24) is 24.8 Å². The number of halogens is 1. The molecule has 1 saturated carbocycles. The van der Waals surface area contributed by atoms with Gasteiger partial charge in [-0.1, -0.05) is 6.92 Å². The van der Waals surface area contributed by atoms with Crippen molar-refractivity contribution in [3.63, 3.8) is 0 Å². The van der Waals surface area contributed by atoms with E-state index in [0.29, 0.717) is 12.6 Å². The Labute approximate surface area is 118 Å². The molecule has 1 fully saturated rings. The molecule has 1 aliphatic rings. The summed E-state index contributed by atoms with van der Waals surface area (Å²) in [6.07, 6.45) is 4.88. The molecule has 1 aliphatic carbocycles. The number of aryl methyl sites for hydroxylation is 1. The van der Waals surface area contributed by atoms with Gasteiger partial charge in [-0.25, -0.2) is 4.68 Å². The number of rotatable bonds is 4. The fourth-order valence-electron chi connectivity index (χ4n) is 2.05. The lowest BCUT2D eigenvalue weighted by atomic mass is 10.2. The van der Waals surface area contributed by atoms with E-state index in [9.17, 15) is 4.79 Å². The lowest BCUT2D eigenvalue weighted by Crippen LogP contribution is -2.22. The second-order valence-corrected chi connectivity index (χ2v) is 5.59. The Morgan fingerprint density at radius 1 is 1.47 bits per heavy atom. The maximum atomic E-state index is 12.0. The van der Waals surface area contributed by atoms with E-state index in [0.717, 1.165) is 35.1 Å². The SMILES string of the molecule is CCc1cc(=O)n(Cc2nnnn2C2CC2)cc1Br. The molecule has 2 heterocycles. The van der Waals surface area contributed by atoms with E-state index in [1.165, 1.54) is 0 Å². The highest BCUT2D eigenvalue weighted by Gasteiger charge is 2.27. The molecule has 100 valence electrons. The Hall–Kier alpha value is -1.50. The fraction of sp³-hybridized carbons (Fsp3) is 0.500. The van der Waals surface area contributed by atoms with Gasteiger partial charge in [0.25, 0.3) is 5.56 Å². The van der Waals surface area contributed by atoms with E-state index in [1.807, 2.05) is 17.8 Å². The third kappa shape index (κ3) is 2.47. The Balaban J connectivity index is 1.92. The molecule has 0 saturated heterocycles. The van der Waals surface area contributed by atoms with Crippen molar-refractivity contribution >= 4 is 15.9 Å². The van der Waals surface area contributed by atoms with Crippen LogP contribution in [0.4, 0.5) is 0 Å². The van der Waals surface area contributed by atoms with Crippen molar-refractivity contribution in [1.29, 1.82) is 0 Å². The first kappa shape index (κ1) is 12.5. The molecule has 7 heteroatoms. The molecule has 3 rings (SSSR count). The summed E-state index contributed by atoms with van der Waals surface area (Å²) in [5.74, 6) is 0.737. The van der Waals surface area contributed by atoms with Crippen LogP contribution in [0.25, 0.3) is 0 Å². The summed E-state index contributed by atoms with van der Waals surface area (Å²) >= 11 is 3.49. The number of hydrogen-bond acceptors (Lipinski definition) is 4. The van der Waals surface area contributed by atoms with Crippen LogP contribution >= 0.6 is 15.9 Å². The van der Waals surface area contributed by atoms with Gasteiger partial charge in [0.15, 0.2) is 5.82 Å². The zero-order valence-electron chi connectivity index (χ0n) is 10.6. The first-order valence-electron chi connectivity index (χ1n) is 6.34. The van der Waals surface area contributed by atoms with Crippen LogP contribution < -0.4 is 5.56 Å². The number of hydrogen-bond donors (Lipinski definition) is 0. The van der Waals surface area contributed by atoms with E-state index in [1.54, 1.807) is 10.6 Å². The van der Waals surface area contributed by atoms with Gasteiger partial charge in [0, 0.05) is 16.7 Å². The zero-order chi connectivity index (χ0) is 13.4.